The molecule has 0 spiro atoms. The van der Waals surface area contributed by atoms with E-state index in [0.717, 1.165) is 10.4 Å². The number of rotatable bonds is 4. The monoisotopic (exact) mass is 328 g/mol. The van der Waals surface area contributed by atoms with E-state index in [4.69, 9.17) is 9.84 Å². The van der Waals surface area contributed by atoms with E-state index in [1.165, 1.54) is 0 Å². The highest BCUT2D eigenvalue weighted by Crippen LogP contribution is 2.38. The molecule has 0 fully saturated rings. The Morgan fingerprint density at radius 2 is 2.22 bits per heavy atom. The van der Waals surface area contributed by atoms with Crippen molar-refractivity contribution in [2.24, 2.45) is 0 Å². The highest BCUT2D eigenvalue weighted by atomic mass is 32.1. The Morgan fingerprint density at radius 1 is 1.39 bits per heavy atom. The predicted molar refractivity (Wildman–Crippen MR) is 88.2 cm³/mol. The van der Waals surface area contributed by atoms with Gasteiger partial charge in [-0.2, -0.15) is 0 Å². The average molecular weight is 328 g/mol. The number of ketones is 1. The summed E-state index contributed by atoms with van der Waals surface area (Å²) in [7, 11) is 0. The second kappa shape index (κ2) is 6.38. The number of allylic oxidation sites excluding steroid dienone is 1. The smallest absolute Gasteiger partial charge is 0.330 e. The lowest BCUT2D eigenvalue weighted by Gasteiger charge is -2.26. The summed E-state index contributed by atoms with van der Waals surface area (Å²) in [5, 5.41) is 10.9. The molecule has 4 nitrogen and oxygen atoms in total. The molecule has 3 rings (SSSR count). The Hall–Kier alpha value is -2.40. The number of ether oxygens (including phenoxy) is 1. The zero-order chi connectivity index (χ0) is 16.4. The van der Waals surface area contributed by atoms with Gasteiger partial charge in [0.15, 0.2) is 5.78 Å². The van der Waals surface area contributed by atoms with Crippen molar-refractivity contribution in [1.29, 1.82) is 0 Å². The zero-order valence-electron chi connectivity index (χ0n) is 12.6. The minimum atomic E-state index is -0.941. The number of aliphatic carboxylic acids is 1. The fourth-order valence-corrected chi connectivity index (χ4v) is 3.30. The van der Waals surface area contributed by atoms with Gasteiger partial charge in [0, 0.05) is 10.5 Å². The van der Waals surface area contributed by atoms with Gasteiger partial charge in [0.2, 0.25) is 0 Å². The molecular formula is C18H16O4S. The van der Waals surface area contributed by atoms with Gasteiger partial charge in [-0.3, -0.25) is 4.79 Å². The van der Waals surface area contributed by atoms with E-state index in [-0.39, 0.29) is 17.5 Å². The van der Waals surface area contributed by atoms with Crippen LogP contribution in [0.3, 0.4) is 0 Å². The summed E-state index contributed by atoms with van der Waals surface area (Å²) in [6.07, 6.45) is 2.13. The number of carbonyl (C=O) groups excluding carboxylic acids is 1. The van der Waals surface area contributed by atoms with Crippen LogP contribution in [0.25, 0.3) is 0 Å². The summed E-state index contributed by atoms with van der Waals surface area (Å²) < 4.78 is 6.08. The molecule has 1 N–H and O–H groups in total. The van der Waals surface area contributed by atoms with Gasteiger partial charge in [-0.05, 0) is 36.4 Å². The third-order valence-corrected chi connectivity index (χ3v) is 4.82. The maximum Gasteiger partial charge on any atom is 0.330 e. The number of carbonyl (C=O) groups is 2. The van der Waals surface area contributed by atoms with Crippen molar-refractivity contribution in [3.8, 4) is 5.75 Å². The number of carboxylic acids is 1. The number of benzene rings is 1. The van der Waals surface area contributed by atoms with Gasteiger partial charge in [-0.15, -0.1) is 11.3 Å². The standard InChI is InChI=1S/C18H16O4S/c1-11(18(20)21)7-8-12-4-2-5-13-14(19)10-15(22-17(12)13)16-6-3-9-23-16/h2-7,9,15H,8,10H2,1H3,(H,20,21)/b11-7+. The molecule has 0 saturated heterocycles. The summed E-state index contributed by atoms with van der Waals surface area (Å²) in [5.74, 6) is -0.301. The molecule has 0 amide bonds. The number of hydrogen-bond donors (Lipinski definition) is 1. The molecule has 1 aromatic carbocycles. The molecule has 1 aliphatic rings. The third-order valence-electron chi connectivity index (χ3n) is 3.85. The Kier molecular flexibility index (Phi) is 4.30. The number of Topliss-reactive ketones (excluding diaryl/α,β-unsaturated/α-hetero) is 1. The van der Waals surface area contributed by atoms with E-state index >= 15 is 0 Å². The molecule has 0 radical (unpaired) electrons. The number of carboxylic acid groups (broad SMARTS) is 1. The van der Waals surface area contributed by atoms with Gasteiger partial charge in [0.1, 0.15) is 11.9 Å². The molecular weight excluding hydrogens is 312 g/mol. The van der Waals surface area contributed by atoms with Gasteiger partial charge >= 0.3 is 5.97 Å². The van der Waals surface area contributed by atoms with Crippen molar-refractivity contribution < 1.29 is 19.4 Å². The van der Waals surface area contributed by atoms with Crippen LogP contribution in [0.2, 0.25) is 0 Å². The van der Waals surface area contributed by atoms with Gasteiger partial charge in [-0.25, -0.2) is 4.79 Å². The lowest BCUT2D eigenvalue weighted by Crippen LogP contribution is -2.20. The van der Waals surface area contributed by atoms with E-state index < -0.39 is 5.97 Å². The van der Waals surface area contributed by atoms with Gasteiger partial charge in [-0.1, -0.05) is 24.3 Å². The number of hydrogen-bond acceptors (Lipinski definition) is 4. The number of para-hydroxylation sites is 1. The SMILES string of the molecule is C/C(=C\Cc1cccc2c1OC(c1cccs1)CC2=O)C(=O)O. The molecule has 1 aromatic heterocycles. The van der Waals surface area contributed by atoms with Crippen LogP contribution in [0.4, 0.5) is 0 Å². The first-order valence-electron chi connectivity index (χ1n) is 7.31. The van der Waals surface area contributed by atoms with Crippen LogP contribution in [-0.4, -0.2) is 16.9 Å². The minimum absolute atomic E-state index is 0.0606. The Labute approximate surface area is 138 Å². The molecule has 1 atom stereocenters. The van der Waals surface area contributed by atoms with E-state index in [1.54, 1.807) is 30.4 Å². The molecule has 0 aliphatic carbocycles. The second-order valence-electron chi connectivity index (χ2n) is 5.44. The van der Waals surface area contributed by atoms with Crippen molar-refractivity contribution >= 4 is 23.1 Å². The quantitative estimate of drug-likeness (QED) is 0.861. The van der Waals surface area contributed by atoms with Crippen LogP contribution in [0.5, 0.6) is 5.75 Å². The van der Waals surface area contributed by atoms with Gasteiger partial charge in [0.25, 0.3) is 0 Å². The maximum absolute atomic E-state index is 12.4. The van der Waals surface area contributed by atoms with Crippen molar-refractivity contribution in [2.75, 3.05) is 0 Å². The van der Waals surface area contributed by atoms with Crippen molar-refractivity contribution in [2.45, 2.75) is 25.9 Å². The topological polar surface area (TPSA) is 63.6 Å². The van der Waals surface area contributed by atoms with Crippen LogP contribution in [0, 0.1) is 0 Å². The van der Waals surface area contributed by atoms with Gasteiger partial charge in [0.05, 0.1) is 12.0 Å². The predicted octanol–water partition coefficient (Wildman–Crippen LogP) is 4.03. The molecule has 118 valence electrons. The minimum Gasteiger partial charge on any atom is -0.483 e. The van der Waals surface area contributed by atoms with Crippen LogP contribution < -0.4 is 4.74 Å². The lowest BCUT2D eigenvalue weighted by molar-refractivity contribution is -0.132. The van der Waals surface area contributed by atoms with E-state index in [9.17, 15) is 9.59 Å². The van der Waals surface area contributed by atoms with Crippen LogP contribution in [0.1, 0.15) is 40.2 Å². The third kappa shape index (κ3) is 3.19. The highest BCUT2D eigenvalue weighted by molar-refractivity contribution is 7.10. The second-order valence-corrected chi connectivity index (χ2v) is 6.42. The molecule has 5 heteroatoms. The molecule has 0 saturated carbocycles. The maximum atomic E-state index is 12.4. The first-order valence-corrected chi connectivity index (χ1v) is 8.19. The number of fused-ring (bicyclic) bond motifs is 1. The Bertz CT molecular complexity index is 774. The molecule has 1 aliphatic heterocycles. The summed E-state index contributed by atoms with van der Waals surface area (Å²) in [6.45, 7) is 1.55. The fourth-order valence-electron chi connectivity index (χ4n) is 2.55. The van der Waals surface area contributed by atoms with Gasteiger partial charge < -0.3 is 9.84 Å². The highest BCUT2D eigenvalue weighted by Gasteiger charge is 2.29. The van der Waals surface area contributed by atoms with E-state index in [1.807, 2.05) is 29.6 Å². The Balaban J connectivity index is 1.93. The summed E-state index contributed by atoms with van der Waals surface area (Å²) in [6, 6.07) is 9.35. The van der Waals surface area contributed by atoms with Crippen molar-refractivity contribution in [1.82, 2.24) is 0 Å². The average Bonchev–Trinajstić information content (AvgIpc) is 3.07. The number of thiophene rings is 1. The summed E-state index contributed by atoms with van der Waals surface area (Å²) in [5.41, 5.74) is 1.69. The lowest BCUT2D eigenvalue weighted by atomic mass is 9.96. The van der Waals surface area contributed by atoms with E-state index in [0.29, 0.717) is 24.2 Å². The fraction of sp³-hybridized carbons (Fsp3) is 0.222. The normalized spacial score (nSPS) is 17.5. The largest absolute Gasteiger partial charge is 0.483 e. The van der Waals surface area contributed by atoms with Crippen molar-refractivity contribution in [3.05, 3.63) is 63.4 Å². The molecule has 23 heavy (non-hydrogen) atoms. The summed E-state index contributed by atoms with van der Waals surface area (Å²) >= 11 is 1.57. The molecule has 1 unspecified atom stereocenters. The van der Waals surface area contributed by atoms with Crippen molar-refractivity contribution in [3.63, 3.8) is 0 Å². The molecule has 2 aromatic rings. The molecule has 0 bridgehead atoms. The zero-order valence-corrected chi connectivity index (χ0v) is 13.4. The first kappa shape index (κ1) is 15.5. The van der Waals surface area contributed by atoms with E-state index in [2.05, 4.69) is 0 Å². The first-order chi connectivity index (χ1) is 11.1. The van der Waals surface area contributed by atoms with Crippen LogP contribution >= 0.6 is 11.3 Å². The Morgan fingerprint density at radius 3 is 2.91 bits per heavy atom. The van der Waals surface area contributed by atoms with Crippen LogP contribution in [0.15, 0.2) is 47.4 Å². The van der Waals surface area contributed by atoms with Crippen LogP contribution in [-0.2, 0) is 11.2 Å². The molecule has 2 heterocycles. The summed E-state index contributed by atoms with van der Waals surface area (Å²) in [4.78, 5) is 24.3.